The minimum Gasteiger partial charge on any atom is -0.303 e. The topological polar surface area (TPSA) is 17.1 Å². The van der Waals surface area contributed by atoms with Crippen LogP contribution in [0.15, 0.2) is 0 Å². The summed E-state index contributed by atoms with van der Waals surface area (Å²) in [5, 5.41) is 0. The summed E-state index contributed by atoms with van der Waals surface area (Å²) in [6.45, 7) is 0. The first-order valence-electron chi connectivity index (χ1n) is 8.82. The zero-order valence-corrected chi connectivity index (χ0v) is 12.1. The Balaban J connectivity index is 1.54. The largest absolute Gasteiger partial charge is 0.303 e. The van der Waals surface area contributed by atoms with Crippen molar-refractivity contribution in [2.24, 2.45) is 41.4 Å². The first kappa shape index (κ1) is 12.4. The van der Waals surface area contributed by atoms with E-state index in [1.165, 1.54) is 70.5 Å². The van der Waals surface area contributed by atoms with Gasteiger partial charge in [-0.1, -0.05) is 12.8 Å². The lowest BCUT2D eigenvalue weighted by Gasteiger charge is -2.52. The standard InChI is InChI=1S/C18H28O/c19-11-12-4-5-14-7-8-16-15-3-1-2-13(15)6-9-17(16)18(14)10-12/h11-18H,1-10H2/t12?,13-,14?,15+,16-,17-,18-/m0/s1. The van der Waals surface area contributed by atoms with E-state index in [2.05, 4.69) is 0 Å². The molecule has 0 N–H and O–H groups in total. The van der Waals surface area contributed by atoms with Crippen molar-refractivity contribution in [3.63, 3.8) is 0 Å². The molecule has 0 saturated heterocycles. The van der Waals surface area contributed by atoms with Gasteiger partial charge >= 0.3 is 0 Å². The summed E-state index contributed by atoms with van der Waals surface area (Å²) in [5.74, 6) is 6.52. The fourth-order valence-electron chi connectivity index (χ4n) is 6.60. The maximum atomic E-state index is 11.2. The minimum atomic E-state index is 0.404. The Morgan fingerprint density at radius 1 is 0.632 bits per heavy atom. The second-order valence-electron chi connectivity index (χ2n) is 7.97. The van der Waals surface area contributed by atoms with E-state index in [4.69, 9.17) is 0 Å². The highest BCUT2D eigenvalue weighted by molar-refractivity contribution is 5.53. The molecule has 19 heavy (non-hydrogen) atoms. The summed E-state index contributed by atoms with van der Waals surface area (Å²) >= 11 is 0. The molecule has 7 atom stereocenters. The molecule has 0 spiro atoms. The molecule has 0 bridgehead atoms. The predicted molar refractivity (Wildman–Crippen MR) is 76.7 cm³/mol. The second kappa shape index (κ2) is 4.90. The van der Waals surface area contributed by atoms with Gasteiger partial charge in [0.25, 0.3) is 0 Å². The van der Waals surface area contributed by atoms with E-state index in [1.807, 2.05) is 0 Å². The van der Waals surface area contributed by atoms with Crippen molar-refractivity contribution in [2.75, 3.05) is 0 Å². The number of fused-ring (bicyclic) bond motifs is 5. The van der Waals surface area contributed by atoms with Crippen LogP contribution in [0.5, 0.6) is 0 Å². The van der Waals surface area contributed by atoms with Crippen LogP contribution in [-0.4, -0.2) is 6.29 Å². The molecular formula is C18H28O. The quantitative estimate of drug-likeness (QED) is 0.636. The van der Waals surface area contributed by atoms with Crippen molar-refractivity contribution in [1.29, 1.82) is 0 Å². The van der Waals surface area contributed by atoms with Gasteiger partial charge in [-0.25, -0.2) is 0 Å². The van der Waals surface area contributed by atoms with Gasteiger partial charge in [0.1, 0.15) is 6.29 Å². The molecule has 4 aliphatic carbocycles. The molecule has 4 aliphatic rings. The zero-order chi connectivity index (χ0) is 12.8. The van der Waals surface area contributed by atoms with Crippen molar-refractivity contribution in [1.82, 2.24) is 0 Å². The van der Waals surface area contributed by atoms with Crippen LogP contribution in [0.1, 0.15) is 64.2 Å². The Bertz CT molecular complexity index is 350. The maximum Gasteiger partial charge on any atom is 0.123 e. The van der Waals surface area contributed by atoms with Gasteiger partial charge in [-0.2, -0.15) is 0 Å². The molecule has 0 aliphatic heterocycles. The average molecular weight is 260 g/mol. The fraction of sp³-hybridized carbons (Fsp3) is 0.944. The average Bonchev–Trinajstić information content (AvgIpc) is 2.94. The maximum absolute atomic E-state index is 11.2. The third-order valence-electron chi connectivity index (χ3n) is 7.39. The van der Waals surface area contributed by atoms with Crippen molar-refractivity contribution in [3.8, 4) is 0 Å². The SMILES string of the molecule is O=CC1CCC2CC[C@H]3[C@@H]4CCC[C@H]4CC[C@@H]3[C@H]2C1. The Labute approximate surface area is 117 Å². The van der Waals surface area contributed by atoms with E-state index < -0.39 is 0 Å². The molecule has 0 aromatic heterocycles. The smallest absolute Gasteiger partial charge is 0.123 e. The number of hydrogen-bond donors (Lipinski definition) is 0. The van der Waals surface area contributed by atoms with Crippen LogP contribution in [0.2, 0.25) is 0 Å². The Hall–Kier alpha value is -0.330. The molecule has 4 fully saturated rings. The molecular weight excluding hydrogens is 232 g/mol. The molecule has 0 heterocycles. The molecule has 1 heteroatoms. The van der Waals surface area contributed by atoms with Gasteiger partial charge in [-0.3, -0.25) is 0 Å². The summed E-state index contributed by atoms with van der Waals surface area (Å²) < 4.78 is 0. The first-order chi connectivity index (χ1) is 9.36. The molecule has 2 unspecified atom stereocenters. The van der Waals surface area contributed by atoms with Gasteiger partial charge < -0.3 is 4.79 Å². The lowest BCUT2D eigenvalue weighted by atomic mass is 9.53. The van der Waals surface area contributed by atoms with Gasteiger partial charge in [0, 0.05) is 5.92 Å². The zero-order valence-electron chi connectivity index (χ0n) is 12.1. The van der Waals surface area contributed by atoms with Gasteiger partial charge in [0.15, 0.2) is 0 Å². The molecule has 4 saturated carbocycles. The summed E-state index contributed by atoms with van der Waals surface area (Å²) in [6, 6.07) is 0. The van der Waals surface area contributed by atoms with E-state index in [0.717, 1.165) is 35.5 Å². The first-order valence-corrected chi connectivity index (χ1v) is 8.82. The second-order valence-corrected chi connectivity index (χ2v) is 7.97. The van der Waals surface area contributed by atoms with E-state index in [9.17, 15) is 4.79 Å². The monoisotopic (exact) mass is 260 g/mol. The number of hydrogen-bond acceptors (Lipinski definition) is 1. The molecule has 4 rings (SSSR count). The third kappa shape index (κ3) is 1.99. The minimum absolute atomic E-state index is 0.404. The van der Waals surface area contributed by atoms with Gasteiger partial charge in [0.2, 0.25) is 0 Å². The summed E-state index contributed by atoms with van der Waals surface area (Å²) in [7, 11) is 0. The van der Waals surface area contributed by atoms with Crippen LogP contribution < -0.4 is 0 Å². The highest BCUT2D eigenvalue weighted by Gasteiger charge is 2.49. The molecule has 0 aromatic carbocycles. The highest BCUT2D eigenvalue weighted by atomic mass is 16.1. The molecule has 1 nitrogen and oxygen atoms in total. The lowest BCUT2D eigenvalue weighted by molar-refractivity contribution is -0.114. The Kier molecular flexibility index (Phi) is 3.20. The van der Waals surface area contributed by atoms with Crippen LogP contribution >= 0.6 is 0 Å². The van der Waals surface area contributed by atoms with Crippen LogP contribution in [-0.2, 0) is 4.79 Å². The summed E-state index contributed by atoms with van der Waals surface area (Å²) in [5.41, 5.74) is 0. The number of carbonyl (C=O) groups excluding carboxylic acids is 1. The summed E-state index contributed by atoms with van der Waals surface area (Å²) in [4.78, 5) is 11.2. The number of carbonyl (C=O) groups is 1. The van der Waals surface area contributed by atoms with Crippen LogP contribution in [0.25, 0.3) is 0 Å². The van der Waals surface area contributed by atoms with Crippen LogP contribution in [0, 0.1) is 41.4 Å². The van der Waals surface area contributed by atoms with Gasteiger partial charge in [0.05, 0.1) is 0 Å². The van der Waals surface area contributed by atoms with Crippen molar-refractivity contribution in [3.05, 3.63) is 0 Å². The van der Waals surface area contributed by atoms with Crippen molar-refractivity contribution in [2.45, 2.75) is 64.2 Å². The van der Waals surface area contributed by atoms with Crippen molar-refractivity contribution >= 4 is 6.29 Å². The van der Waals surface area contributed by atoms with Crippen LogP contribution in [0.4, 0.5) is 0 Å². The van der Waals surface area contributed by atoms with E-state index >= 15 is 0 Å². The molecule has 106 valence electrons. The predicted octanol–water partition coefficient (Wildman–Crippen LogP) is 4.45. The molecule has 0 amide bonds. The highest BCUT2D eigenvalue weighted by Crippen LogP contribution is 2.58. The fourth-order valence-corrected chi connectivity index (χ4v) is 6.60. The third-order valence-corrected chi connectivity index (χ3v) is 7.39. The van der Waals surface area contributed by atoms with Crippen LogP contribution in [0.3, 0.4) is 0 Å². The van der Waals surface area contributed by atoms with E-state index in [0.29, 0.717) is 5.92 Å². The number of rotatable bonds is 1. The molecule has 0 aromatic rings. The van der Waals surface area contributed by atoms with E-state index in [-0.39, 0.29) is 0 Å². The molecule has 0 radical (unpaired) electrons. The Morgan fingerprint density at radius 2 is 1.32 bits per heavy atom. The van der Waals surface area contributed by atoms with Gasteiger partial charge in [-0.05, 0) is 86.9 Å². The van der Waals surface area contributed by atoms with Gasteiger partial charge in [-0.15, -0.1) is 0 Å². The number of aldehydes is 1. The summed E-state index contributed by atoms with van der Waals surface area (Å²) in [6.07, 6.45) is 15.6. The Morgan fingerprint density at radius 3 is 2.11 bits per heavy atom. The van der Waals surface area contributed by atoms with Crippen molar-refractivity contribution < 1.29 is 4.79 Å². The normalized spacial score (nSPS) is 52.9. The van der Waals surface area contributed by atoms with E-state index in [1.54, 1.807) is 0 Å². The lowest BCUT2D eigenvalue weighted by Crippen LogP contribution is -2.44.